The Kier molecular flexibility index (Phi) is 4.46. The number of carbonyl (C=O) groups excluding carboxylic acids is 2. The molecule has 3 N–H and O–H groups in total. The first-order chi connectivity index (χ1) is 9.47. The Morgan fingerprint density at radius 2 is 2.00 bits per heavy atom. The predicted molar refractivity (Wildman–Crippen MR) is 71.1 cm³/mol. The molecule has 2 rings (SSSR count). The molecule has 0 aromatic rings. The fourth-order valence-electron chi connectivity index (χ4n) is 2.95. The van der Waals surface area contributed by atoms with Gasteiger partial charge in [-0.2, -0.15) is 0 Å². The summed E-state index contributed by atoms with van der Waals surface area (Å²) in [5.74, 6) is -1.25. The van der Waals surface area contributed by atoms with Gasteiger partial charge in [-0.15, -0.1) is 0 Å². The first kappa shape index (κ1) is 14.6. The molecule has 2 aliphatic rings. The van der Waals surface area contributed by atoms with Gasteiger partial charge in [0, 0.05) is 32.1 Å². The zero-order valence-electron chi connectivity index (χ0n) is 11.6. The zero-order chi connectivity index (χ0) is 14.7. The van der Waals surface area contributed by atoms with Crippen molar-refractivity contribution in [2.24, 2.45) is 5.92 Å². The van der Waals surface area contributed by atoms with Crippen molar-refractivity contribution in [3.8, 4) is 0 Å². The van der Waals surface area contributed by atoms with E-state index in [0.29, 0.717) is 32.2 Å². The molecule has 7 heteroatoms. The molecular weight excluding hydrogens is 262 g/mol. The molecule has 3 unspecified atom stereocenters. The molecule has 1 aliphatic carbocycles. The van der Waals surface area contributed by atoms with Crippen LogP contribution in [0.1, 0.15) is 32.1 Å². The van der Waals surface area contributed by atoms with E-state index < -0.39 is 11.9 Å². The van der Waals surface area contributed by atoms with Crippen molar-refractivity contribution < 1.29 is 19.5 Å². The van der Waals surface area contributed by atoms with Crippen LogP contribution >= 0.6 is 0 Å². The highest BCUT2D eigenvalue weighted by molar-refractivity contribution is 5.79. The number of carboxylic acid groups (broad SMARTS) is 1. The highest BCUT2D eigenvalue weighted by Gasteiger charge is 2.34. The van der Waals surface area contributed by atoms with Gasteiger partial charge in [-0.3, -0.25) is 9.59 Å². The molecule has 1 heterocycles. The third kappa shape index (κ3) is 3.40. The van der Waals surface area contributed by atoms with Gasteiger partial charge in [-0.1, -0.05) is 6.42 Å². The van der Waals surface area contributed by atoms with Gasteiger partial charge in [0.05, 0.1) is 5.92 Å². The van der Waals surface area contributed by atoms with Crippen LogP contribution in [0.3, 0.4) is 0 Å². The molecule has 0 aromatic carbocycles. The van der Waals surface area contributed by atoms with Crippen LogP contribution in [0.25, 0.3) is 0 Å². The van der Waals surface area contributed by atoms with E-state index in [1.807, 2.05) is 0 Å². The van der Waals surface area contributed by atoms with Crippen LogP contribution in [0.15, 0.2) is 0 Å². The molecule has 7 nitrogen and oxygen atoms in total. The quantitative estimate of drug-likeness (QED) is 0.687. The third-order valence-electron chi connectivity index (χ3n) is 4.11. The summed E-state index contributed by atoms with van der Waals surface area (Å²) < 4.78 is 0. The number of aliphatic carboxylic acids is 1. The van der Waals surface area contributed by atoms with Crippen molar-refractivity contribution in [1.82, 2.24) is 15.5 Å². The lowest BCUT2D eigenvalue weighted by Gasteiger charge is -2.30. The molecule has 0 aromatic heterocycles. The van der Waals surface area contributed by atoms with Crippen LogP contribution in [-0.4, -0.2) is 53.6 Å². The Labute approximate surface area is 117 Å². The number of rotatable bonds is 3. The number of likely N-dealkylation sites (N-methyl/N-ethyl adjacent to an activating group) is 1. The molecule has 3 amide bonds. The lowest BCUT2D eigenvalue weighted by molar-refractivity contribution is -0.142. The largest absolute Gasteiger partial charge is 0.481 e. The summed E-state index contributed by atoms with van der Waals surface area (Å²) in [6.07, 6.45) is 3.20. The average Bonchev–Trinajstić information content (AvgIpc) is 2.82. The molecule has 3 atom stereocenters. The minimum atomic E-state index is -0.851. The molecule has 1 aliphatic heterocycles. The summed E-state index contributed by atoms with van der Waals surface area (Å²) in [6.45, 7) is 0.499. The minimum absolute atomic E-state index is 0.0672. The van der Waals surface area contributed by atoms with Crippen LogP contribution in [0.4, 0.5) is 4.79 Å². The van der Waals surface area contributed by atoms with Crippen LogP contribution in [0.2, 0.25) is 0 Å². The summed E-state index contributed by atoms with van der Waals surface area (Å²) in [7, 11) is 1.71. The number of likely N-dealkylation sites (tertiary alicyclic amines) is 1. The summed E-state index contributed by atoms with van der Waals surface area (Å²) in [5, 5.41) is 14.6. The fourth-order valence-corrected chi connectivity index (χ4v) is 2.95. The highest BCUT2D eigenvalue weighted by Crippen LogP contribution is 2.25. The van der Waals surface area contributed by atoms with Gasteiger partial charge in [0.1, 0.15) is 0 Å². The van der Waals surface area contributed by atoms with Crippen LogP contribution < -0.4 is 10.6 Å². The van der Waals surface area contributed by atoms with Crippen molar-refractivity contribution in [3.05, 3.63) is 0 Å². The Morgan fingerprint density at radius 3 is 2.65 bits per heavy atom. The molecule has 1 saturated carbocycles. The average molecular weight is 283 g/mol. The number of hydrogen-bond acceptors (Lipinski definition) is 3. The van der Waals surface area contributed by atoms with Crippen LogP contribution in [0, 0.1) is 5.92 Å². The second-order valence-electron chi connectivity index (χ2n) is 5.61. The Bertz CT molecular complexity index is 412. The lowest BCUT2D eigenvalue weighted by atomic mass is 10.0. The topological polar surface area (TPSA) is 98.7 Å². The minimum Gasteiger partial charge on any atom is -0.481 e. The van der Waals surface area contributed by atoms with Gasteiger partial charge in [0.2, 0.25) is 5.91 Å². The van der Waals surface area contributed by atoms with Gasteiger partial charge < -0.3 is 20.6 Å². The first-order valence-corrected chi connectivity index (χ1v) is 7.01. The van der Waals surface area contributed by atoms with E-state index >= 15 is 0 Å². The number of piperidine rings is 1. The predicted octanol–water partition coefficient (Wildman–Crippen LogP) is 0.160. The molecule has 1 saturated heterocycles. The highest BCUT2D eigenvalue weighted by atomic mass is 16.4. The number of hydrogen-bond donors (Lipinski definition) is 3. The number of nitrogens with one attached hydrogen (secondary N) is 2. The second-order valence-corrected chi connectivity index (χ2v) is 5.61. The van der Waals surface area contributed by atoms with E-state index in [-0.39, 0.29) is 24.0 Å². The number of urea groups is 1. The Morgan fingerprint density at radius 1 is 1.25 bits per heavy atom. The molecule has 112 valence electrons. The first-order valence-electron chi connectivity index (χ1n) is 7.01. The zero-order valence-corrected chi connectivity index (χ0v) is 11.6. The van der Waals surface area contributed by atoms with Crippen molar-refractivity contribution in [3.63, 3.8) is 0 Å². The van der Waals surface area contributed by atoms with Crippen molar-refractivity contribution in [2.45, 2.75) is 44.2 Å². The number of carbonyl (C=O) groups is 3. The summed E-state index contributed by atoms with van der Waals surface area (Å²) in [6, 6.07) is -0.700. The smallest absolute Gasteiger partial charge is 0.315 e. The number of nitrogens with zero attached hydrogens (tertiary/aromatic N) is 1. The van der Waals surface area contributed by atoms with Gasteiger partial charge >= 0.3 is 12.0 Å². The SMILES string of the molecule is CN1CC(NC(=O)NC2CCCC2C(=O)O)CCC1=O. The van der Waals surface area contributed by atoms with E-state index in [1.54, 1.807) is 11.9 Å². The number of carboxylic acids is 1. The molecule has 0 radical (unpaired) electrons. The number of amides is 3. The fraction of sp³-hybridized carbons (Fsp3) is 0.769. The van der Waals surface area contributed by atoms with Crippen molar-refractivity contribution in [1.29, 1.82) is 0 Å². The van der Waals surface area contributed by atoms with E-state index in [1.165, 1.54) is 0 Å². The van der Waals surface area contributed by atoms with E-state index in [2.05, 4.69) is 10.6 Å². The van der Waals surface area contributed by atoms with E-state index in [9.17, 15) is 14.4 Å². The van der Waals surface area contributed by atoms with Crippen LogP contribution in [-0.2, 0) is 9.59 Å². The lowest BCUT2D eigenvalue weighted by Crippen LogP contribution is -2.53. The second kappa shape index (κ2) is 6.11. The van der Waals surface area contributed by atoms with Gasteiger partial charge in [-0.05, 0) is 19.3 Å². The third-order valence-corrected chi connectivity index (χ3v) is 4.11. The van der Waals surface area contributed by atoms with Crippen molar-refractivity contribution >= 4 is 17.9 Å². The van der Waals surface area contributed by atoms with Gasteiger partial charge in [0.15, 0.2) is 0 Å². The van der Waals surface area contributed by atoms with Gasteiger partial charge in [0.25, 0.3) is 0 Å². The van der Waals surface area contributed by atoms with E-state index in [0.717, 1.165) is 6.42 Å². The molecule has 2 fully saturated rings. The summed E-state index contributed by atoms with van der Waals surface area (Å²) in [4.78, 5) is 35.9. The molecule has 0 spiro atoms. The van der Waals surface area contributed by atoms with Crippen molar-refractivity contribution in [2.75, 3.05) is 13.6 Å². The molecule has 0 bridgehead atoms. The maximum Gasteiger partial charge on any atom is 0.315 e. The Hall–Kier alpha value is -1.79. The molecule has 20 heavy (non-hydrogen) atoms. The summed E-state index contributed by atoms with van der Waals surface area (Å²) in [5.41, 5.74) is 0. The normalized spacial score (nSPS) is 30.1. The maximum atomic E-state index is 11.9. The van der Waals surface area contributed by atoms with Crippen LogP contribution in [0.5, 0.6) is 0 Å². The standard InChI is InChI=1S/C13H21N3O4/c1-16-7-8(5-6-11(16)17)14-13(20)15-10-4-2-3-9(10)12(18)19/h8-10H,2-7H2,1H3,(H,18,19)(H2,14,15,20). The van der Waals surface area contributed by atoms with E-state index in [4.69, 9.17) is 5.11 Å². The Balaban J connectivity index is 1.81. The monoisotopic (exact) mass is 283 g/mol. The maximum absolute atomic E-state index is 11.9. The van der Waals surface area contributed by atoms with Gasteiger partial charge in [-0.25, -0.2) is 4.79 Å². The molecular formula is C13H21N3O4. The summed E-state index contributed by atoms with van der Waals surface area (Å²) >= 11 is 0.